The molecule has 1 unspecified atom stereocenters. The van der Waals surface area contributed by atoms with Gasteiger partial charge in [-0.15, -0.1) is 0 Å². The summed E-state index contributed by atoms with van der Waals surface area (Å²) in [4.78, 5) is 0. The quantitative estimate of drug-likeness (QED) is 0.759. The van der Waals surface area contributed by atoms with Crippen molar-refractivity contribution in [3.05, 3.63) is 34.9 Å². The van der Waals surface area contributed by atoms with Gasteiger partial charge < -0.3 is 5.11 Å². The first-order valence-corrected chi connectivity index (χ1v) is 3.79. The Hall–Kier alpha value is -1.03. The van der Waals surface area contributed by atoms with Gasteiger partial charge in [-0.25, -0.2) is 13.2 Å². The Bertz CT molecular complexity index is 310. The third kappa shape index (κ3) is 2.01. The van der Waals surface area contributed by atoms with Gasteiger partial charge in [-0.1, -0.05) is 0 Å². The standard InChI is InChI=1S/C9H9F3O/c1-5(10)6-2-7(4-13)9(12)8(11)3-6/h2-3,5,13H,4H2,1H3. The highest BCUT2D eigenvalue weighted by Crippen LogP contribution is 2.22. The number of hydrogen-bond donors (Lipinski definition) is 1. The van der Waals surface area contributed by atoms with Crippen LogP contribution in [0.15, 0.2) is 12.1 Å². The van der Waals surface area contributed by atoms with Crippen LogP contribution in [-0.2, 0) is 6.61 Å². The molecule has 1 N–H and O–H groups in total. The Labute approximate surface area is 73.8 Å². The monoisotopic (exact) mass is 190 g/mol. The van der Waals surface area contributed by atoms with Gasteiger partial charge in [0.1, 0.15) is 6.17 Å². The van der Waals surface area contributed by atoms with E-state index in [-0.39, 0.29) is 11.1 Å². The Morgan fingerprint density at radius 2 is 2.00 bits per heavy atom. The summed E-state index contributed by atoms with van der Waals surface area (Å²) in [7, 11) is 0. The van der Waals surface area contributed by atoms with Crippen LogP contribution in [0.3, 0.4) is 0 Å². The summed E-state index contributed by atoms with van der Waals surface area (Å²) in [5.41, 5.74) is -0.192. The van der Waals surface area contributed by atoms with E-state index in [4.69, 9.17) is 5.11 Å². The van der Waals surface area contributed by atoms with Gasteiger partial charge in [-0.3, -0.25) is 0 Å². The molecule has 0 aliphatic carbocycles. The van der Waals surface area contributed by atoms with Crippen LogP contribution in [0.25, 0.3) is 0 Å². The van der Waals surface area contributed by atoms with Gasteiger partial charge >= 0.3 is 0 Å². The Balaban J connectivity index is 3.22. The van der Waals surface area contributed by atoms with Crippen molar-refractivity contribution in [3.63, 3.8) is 0 Å². The normalized spacial score (nSPS) is 13.0. The smallest absolute Gasteiger partial charge is 0.164 e. The molecular weight excluding hydrogens is 181 g/mol. The molecule has 72 valence electrons. The zero-order valence-corrected chi connectivity index (χ0v) is 7.02. The van der Waals surface area contributed by atoms with Crippen molar-refractivity contribution in [3.8, 4) is 0 Å². The molecule has 0 aliphatic heterocycles. The molecule has 1 atom stereocenters. The summed E-state index contributed by atoms with van der Waals surface area (Å²) >= 11 is 0. The number of rotatable bonds is 2. The third-order valence-corrected chi connectivity index (χ3v) is 1.76. The highest BCUT2D eigenvalue weighted by atomic mass is 19.2. The molecule has 1 nitrogen and oxygen atoms in total. The van der Waals surface area contributed by atoms with E-state index in [0.717, 1.165) is 12.1 Å². The lowest BCUT2D eigenvalue weighted by atomic mass is 10.1. The van der Waals surface area contributed by atoms with E-state index in [1.54, 1.807) is 0 Å². The molecule has 1 aromatic carbocycles. The molecule has 0 radical (unpaired) electrons. The molecule has 0 spiro atoms. The highest BCUT2D eigenvalue weighted by molar-refractivity contribution is 5.27. The summed E-state index contributed by atoms with van der Waals surface area (Å²) in [6.07, 6.45) is -1.37. The summed E-state index contributed by atoms with van der Waals surface area (Å²) < 4.78 is 38.2. The van der Waals surface area contributed by atoms with Gasteiger partial charge in [0.2, 0.25) is 0 Å². The molecule has 1 rings (SSSR count). The zero-order chi connectivity index (χ0) is 10.0. The van der Waals surface area contributed by atoms with Crippen molar-refractivity contribution in [1.29, 1.82) is 0 Å². The van der Waals surface area contributed by atoms with Crippen LogP contribution in [0.4, 0.5) is 13.2 Å². The first kappa shape index (κ1) is 10.1. The molecule has 13 heavy (non-hydrogen) atoms. The fourth-order valence-corrected chi connectivity index (χ4v) is 1.01. The molecular formula is C9H9F3O. The van der Waals surface area contributed by atoms with E-state index in [2.05, 4.69) is 0 Å². The second-order valence-corrected chi connectivity index (χ2v) is 2.75. The van der Waals surface area contributed by atoms with Gasteiger partial charge in [0.05, 0.1) is 6.61 Å². The fourth-order valence-electron chi connectivity index (χ4n) is 1.01. The van der Waals surface area contributed by atoms with Crippen LogP contribution in [0.2, 0.25) is 0 Å². The van der Waals surface area contributed by atoms with E-state index < -0.39 is 24.4 Å². The molecule has 0 fully saturated rings. The largest absolute Gasteiger partial charge is 0.392 e. The van der Waals surface area contributed by atoms with Crippen LogP contribution in [0, 0.1) is 11.6 Å². The predicted molar refractivity (Wildman–Crippen MR) is 41.8 cm³/mol. The maximum atomic E-state index is 12.8. The topological polar surface area (TPSA) is 20.2 Å². The molecule has 0 amide bonds. The SMILES string of the molecule is CC(F)c1cc(F)c(F)c(CO)c1. The number of aliphatic hydroxyl groups excluding tert-OH is 1. The number of halogens is 3. The molecule has 0 saturated heterocycles. The lowest BCUT2D eigenvalue weighted by Crippen LogP contribution is -1.98. The van der Waals surface area contributed by atoms with Crippen molar-refractivity contribution in [2.45, 2.75) is 19.7 Å². The van der Waals surface area contributed by atoms with Crippen LogP contribution < -0.4 is 0 Å². The first-order chi connectivity index (χ1) is 6.06. The minimum absolute atomic E-state index is 0.0305. The van der Waals surface area contributed by atoms with Gasteiger partial charge in [-0.2, -0.15) is 0 Å². The minimum atomic E-state index is -1.37. The number of benzene rings is 1. The van der Waals surface area contributed by atoms with Gasteiger partial charge in [0, 0.05) is 5.56 Å². The average Bonchev–Trinajstić information content (AvgIpc) is 2.09. The van der Waals surface area contributed by atoms with E-state index in [1.807, 2.05) is 0 Å². The highest BCUT2D eigenvalue weighted by Gasteiger charge is 2.12. The molecule has 0 aromatic heterocycles. The average molecular weight is 190 g/mol. The van der Waals surface area contributed by atoms with E-state index in [9.17, 15) is 13.2 Å². The molecule has 0 bridgehead atoms. The maximum Gasteiger partial charge on any atom is 0.164 e. The van der Waals surface area contributed by atoms with Gasteiger partial charge in [0.15, 0.2) is 11.6 Å². The summed E-state index contributed by atoms with van der Waals surface area (Å²) in [5.74, 6) is -2.25. The number of hydrogen-bond acceptors (Lipinski definition) is 1. The lowest BCUT2D eigenvalue weighted by molar-refractivity contribution is 0.272. The molecule has 0 saturated carbocycles. The van der Waals surface area contributed by atoms with Crippen LogP contribution in [0.5, 0.6) is 0 Å². The molecule has 0 aliphatic rings. The van der Waals surface area contributed by atoms with Gasteiger partial charge in [-0.05, 0) is 24.6 Å². The Kier molecular flexibility index (Phi) is 2.93. The number of aliphatic hydroxyl groups is 1. The summed E-state index contributed by atoms with van der Waals surface area (Å²) in [6, 6.07) is 1.90. The zero-order valence-electron chi connectivity index (χ0n) is 7.02. The third-order valence-electron chi connectivity index (χ3n) is 1.76. The van der Waals surface area contributed by atoms with E-state index >= 15 is 0 Å². The second-order valence-electron chi connectivity index (χ2n) is 2.75. The number of alkyl halides is 1. The molecule has 0 heterocycles. The van der Waals surface area contributed by atoms with Crippen molar-refractivity contribution in [2.75, 3.05) is 0 Å². The lowest BCUT2D eigenvalue weighted by Gasteiger charge is -2.06. The Morgan fingerprint density at radius 3 is 2.46 bits per heavy atom. The maximum absolute atomic E-state index is 12.8. The van der Waals surface area contributed by atoms with Gasteiger partial charge in [0.25, 0.3) is 0 Å². The van der Waals surface area contributed by atoms with Crippen LogP contribution in [-0.4, -0.2) is 5.11 Å². The molecule has 1 aromatic rings. The minimum Gasteiger partial charge on any atom is -0.392 e. The van der Waals surface area contributed by atoms with Crippen molar-refractivity contribution < 1.29 is 18.3 Å². The molecule has 4 heteroatoms. The summed E-state index contributed by atoms with van der Waals surface area (Å²) in [6.45, 7) is 0.581. The van der Waals surface area contributed by atoms with Crippen LogP contribution in [0.1, 0.15) is 24.2 Å². The summed E-state index contributed by atoms with van der Waals surface area (Å²) in [5, 5.41) is 8.62. The van der Waals surface area contributed by atoms with Crippen molar-refractivity contribution in [1.82, 2.24) is 0 Å². The van der Waals surface area contributed by atoms with E-state index in [1.165, 1.54) is 6.92 Å². The van der Waals surface area contributed by atoms with Crippen molar-refractivity contribution >= 4 is 0 Å². The van der Waals surface area contributed by atoms with Crippen LogP contribution >= 0.6 is 0 Å². The predicted octanol–water partition coefficient (Wildman–Crippen LogP) is 2.49. The van der Waals surface area contributed by atoms with Crippen molar-refractivity contribution in [2.24, 2.45) is 0 Å². The van der Waals surface area contributed by atoms with E-state index in [0.29, 0.717) is 0 Å². The first-order valence-electron chi connectivity index (χ1n) is 3.79. The fraction of sp³-hybridized carbons (Fsp3) is 0.333. The Morgan fingerprint density at radius 1 is 1.38 bits per heavy atom. The second kappa shape index (κ2) is 3.79.